The highest BCUT2D eigenvalue weighted by Gasteiger charge is 2.08. The van der Waals surface area contributed by atoms with Crippen LogP contribution in [-0.2, 0) is 6.42 Å². The van der Waals surface area contributed by atoms with Gasteiger partial charge in [-0.05, 0) is 31.5 Å². The highest BCUT2D eigenvalue weighted by molar-refractivity contribution is 9.10. The minimum atomic E-state index is 0.651. The lowest BCUT2D eigenvalue weighted by molar-refractivity contribution is 0.374. The van der Waals surface area contributed by atoms with E-state index in [0.717, 1.165) is 42.3 Å². The van der Waals surface area contributed by atoms with Crippen LogP contribution in [-0.4, -0.2) is 16.7 Å². The van der Waals surface area contributed by atoms with Crippen molar-refractivity contribution in [3.05, 3.63) is 34.6 Å². The Morgan fingerprint density at radius 3 is 2.79 bits per heavy atom. The summed E-state index contributed by atoms with van der Waals surface area (Å²) in [6.07, 6.45) is 5.33. The number of hydrogen-bond donors (Lipinski definition) is 1. The molecule has 0 aliphatic rings. The van der Waals surface area contributed by atoms with Crippen LogP contribution in [0.1, 0.15) is 31.6 Å². The first-order chi connectivity index (χ1) is 9.29. The summed E-state index contributed by atoms with van der Waals surface area (Å²) < 4.78 is 6.28. The molecule has 0 saturated heterocycles. The van der Waals surface area contributed by atoms with E-state index in [-0.39, 0.29) is 0 Å². The summed E-state index contributed by atoms with van der Waals surface area (Å²) in [5.74, 6) is 1.36. The molecule has 0 unspecified atom stereocenters. The minimum Gasteiger partial charge on any atom is -0.339 e. The van der Waals surface area contributed by atoms with Crippen molar-refractivity contribution in [1.82, 2.24) is 10.1 Å². The first-order valence-corrected chi connectivity index (χ1v) is 7.37. The van der Waals surface area contributed by atoms with Gasteiger partial charge in [-0.15, -0.1) is 0 Å². The van der Waals surface area contributed by atoms with Gasteiger partial charge in [0.2, 0.25) is 11.7 Å². The van der Waals surface area contributed by atoms with Crippen molar-refractivity contribution in [2.45, 2.75) is 32.1 Å². The van der Waals surface area contributed by atoms with Gasteiger partial charge in [0.25, 0.3) is 0 Å². The molecule has 19 heavy (non-hydrogen) atoms. The van der Waals surface area contributed by atoms with Gasteiger partial charge in [-0.2, -0.15) is 4.98 Å². The molecule has 0 bridgehead atoms. The summed E-state index contributed by atoms with van der Waals surface area (Å²) in [7, 11) is 0. The Balaban J connectivity index is 1.88. The van der Waals surface area contributed by atoms with Crippen LogP contribution in [0, 0.1) is 0 Å². The molecule has 2 rings (SSSR count). The fourth-order valence-electron chi connectivity index (χ4n) is 1.88. The monoisotopic (exact) mass is 323 g/mol. The molecule has 0 radical (unpaired) electrons. The number of rotatable bonds is 7. The molecule has 0 aliphatic carbocycles. The fourth-order valence-corrected chi connectivity index (χ4v) is 2.27. The largest absolute Gasteiger partial charge is 0.339 e. The van der Waals surface area contributed by atoms with Gasteiger partial charge in [0, 0.05) is 16.5 Å². The average molecular weight is 324 g/mol. The van der Waals surface area contributed by atoms with Crippen LogP contribution in [0.5, 0.6) is 0 Å². The highest BCUT2D eigenvalue weighted by Crippen LogP contribution is 2.20. The van der Waals surface area contributed by atoms with Crippen molar-refractivity contribution < 1.29 is 4.52 Å². The third-order valence-corrected chi connectivity index (χ3v) is 3.39. The fraction of sp³-hybridized carbons (Fsp3) is 0.429. The minimum absolute atomic E-state index is 0.651. The van der Waals surface area contributed by atoms with Crippen molar-refractivity contribution in [2.24, 2.45) is 5.73 Å². The van der Waals surface area contributed by atoms with Crippen molar-refractivity contribution >= 4 is 15.9 Å². The zero-order valence-electron chi connectivity index (χ0n) is 10.8. The number of nitrogens with two attached hydrogens (primary N) is 1. The molecule has 1 aromatic carbocycles. The van der Waals surface area contributed by atoms with E-state index in [4.69, 9.17) is 10.3 Å². The topological polar surface area (TPSA) is 64.9 Å². The lowest BCUT2D eigenvalue weighted by Crippen LogP contribution is -1.97. The molecule has 102 valence electrons. The van der Waals surface area contributed by atoms with Gasteiger partial charge in [0.05, 0.1) is 0 Å². The summed E-state index contributed by atoms with van der Waals surface area (Å²) in [5, 5.41) is 4.02. The van der Waals surface area contributed by atoms with Crippen LogP contribution >= 0.6 is 15.9 Å². The SMILES string of the molecule is NCCCCCCc1nc(-c2cccc(Br)c2)no1. The second kappa shape index (κ2) is 7.40. The van der Waals surface area contributed by atoms with Crippen LogP contribution in [0.3, 0.4) is 0 Å². The zero-order valence-corrected chi connectivity index (χ0v) is 12.4. The van der Waals surface area contributed by atoms with E-state index in [1.807, 2.05) is 24.3 Å². The first-order valence-electron chi connectivity index (χ1n) is 6.58. The Kier molecular flexibility index (Phi) is 5.54. The quantitative estimate of drug-likeness (QED) is 0.791. The molecule has 0 spiro atoms. The maximum absolute atomic E-state index is 5.46. The predicted octanol–water partition coefficient (Wildman–Crippen LogP) is 3.56. The lowest BCUT2D eigenvalue weighted by Gasteiger charge is -1.96. The number of aromatic nitrogens is 2. The molecule has 0 aliphatic heterocycles. The molecule has 0 saturated carbocycles. The Labute approximate surface area is 121 Å². The van der Waals surface area contributed by atoms with E-state index in [0.29, 0.717) is 11.7 Å². The van der Waals surface area contributed by atoms with Gasteiger partial charge in [-0.1, -0.05) is 46.1 Å². The van der Waals surface area contributed by atoms with Crippen LogP contribution in [0.2, 0.25) is 0 Å². The number of hydrogen-bond acceptors (Lipinski definition) is 4. The molecule has 0 amide bonds. The van der Waals surface area contributed by atoms with E-state index in [1.165, 1.54) is 6.42 Å². The maximum atomic E-state index is 5.46. The maximum Gasteiger partial charge on any atom is 0.226 e. The number of aryl methyl sites for hydroxylation is 1. The standard InChI is InChI=1S/C14H18BrN3O/c15-12-7-5-6-11(10-12)14-17-13(19-18-14)8-3-1-2-4-9-16/h5-7,10H,1-4,8-9,16H2. The van der Waals surface area contributed by atoms with Gasteiger partial charge in [0.1, 0.15) is 0 Å². The second-order valence-electron chi connectivity index (χ2n) is 4.47. The normalized spacial score (nSPS) is 10.8. The van der Waals surface area contributed by atoms with Gasteiger partial charge >= 0.3 is 0 Å². The molecular weight excluding hydrogens is 306 g/mol. The van der Waals surface area contributed by atoms with E-state index < -0.39 is 0 Å². The predicted molar refractivity (Wildman–Crippen MR) is 78.7 cm³/mol. The van der Waals surface area contributed by atoms with Gasteiger partial charge in [-0.25, -0.2) is 0 Å². The summed E-state index contributed by atoms with van der Waals surface area (Å²) in [6, 6.07) is 7.89. The molecule has 0 atom stereocenters. The summed E-state index contributed by atoms with van der Waals surface area (Å²) >= 11 is 3.44. The van der Waals surface area contributed by atoms with Crippen LogP contribution < -0.4 is 5.73 Å². The van der Waals surface area contributed by atoms with Crippen LogP contribution in [0.25, 0.3) is 11.4 Å². The van der Waals surface area contributed by atoms with Crippen molar-refractivity contribution in [3.8, 4) is 11.4 Å². The Hall–Kier alpha value is -1.20. The molecule has 5 heteroatoms. The van der Waals surface area contributed by atoms with Gasteiger partial charge < -0.3 is 10.3 Å². The summed E-state index contributed by atoms with van der Waals surface area (Å²) in [6.45, 7) is 0.771. The first kappa shape index (κ1) is 14.2. The Morgan fingerprint density at radius 2 is 2.00 bits per heavy atom. The van der Waals surface area contributed by atoms with Crippen LogP contribution in [0.4, 0.5) is 0 Å². The van der Waals surface area contributed by atoms with E-state index in [9.17, 15) is 0 Å². The molecule has 0 fully saturated rings. The van der Waals surface area contributed by atoms with E-state index in [1.54, 1.807) is 0 Å². The third-order valence-electron chi connectivity index (χ3n) is 2.90. The number of halogens is 1. The molecule has 4 nitrogen and oxygen atoms in total. The van der Waals surface area contributed by atoms with Crippen molar-refractivity contribution in [1.29, 1.82) is 0 Å². The van der Waals surface area contributed by atoms with Crippen molar-refractivity contribution in [3.63, 3.8) is 0 Å². The smallest absolute Gasteiger partial charge is 0.226 e. The lowest BCUT2D eigenvalue weighted by atomic mass is 10.1. The van der Waals surface area contributed by atoms with E-state index >= 15 is 0 Å². The van der Waals surface area contributed by atoms with Gasteiger partial charge in [-0.3, -0.25) is 0 Å². The Morgan fingerprint density at radius 1 is 1.16 bits per heavy atom. The molecule has 1 heterocycles. The summed E-state index contributed by atoms with van der Waals surface area (Å²) in [5.41, 5.74) is 6.42. The second-order valence-corrected chi connectivity index (χ2v) is 5.39. The molecule has 1 aromatic heterocycles. The molecule has 2 aromatic rings. The van der Waals surface area contributed by atoms with Crippen molar-refractivity contribution in [2.75, 3.05) is 6.54 Å². The molecule has 2 N–H and O–H groups in total. The summed E-state index contributed by atoms with van der Waals surface area (Å²) in [4.78, 5) is 4.42. The van der Waals surface area contributed by atoms with Gasteiger partial charge in [0.15, 0.2) is 0 Å². The zero-order chi connectivity index (χ0) is 13.5. The number of nitrogens with zero attached hydrogens (tertiary/aromatic N) is 2. The number of unbranched alkanes of at least 4 members (excludes halogenated alkanes) is 3. The third kappa shape index (κ3) is 4.44. The molecular formula is C14H18BrN3O. The van der Waals surface area contributed by atoms with E-state index in [2.05, 4.69) is 26.1 Å². The number of benzene rings is 1. The highest BCUT2D eigenvalue weighted by atomic mass is 79.9. The Bertz CT molecular complexity index is 513. The van der Waals surface area contributed by atoms with Crippen LogP contribution in [0.15, 0.2) is 33.3 Å². The average Bonchev–Trinajstić information content (AvgIpc) is 2.87.